The molecule has 0 spiro atoms. The molecule has 4 nitrogen and oxygen atoms in total. The number of nitrogens with one attached hydrogen (secondary N) is 1. The van der Waals surface area contributed by atoms with Crippen LogP contribution in [0.5, 0.6) is 0 Å². The van der Waals surface area contributed by atoms with E-state index >= 15 is 0 Å². The van der Waals surface area contributed by atoms with E-state index in [1.165, 1.54) is 23.2 Å². The zero-order chi connectivity index (χ0) is 15.5. The molecule has 2 heterocycles. The van der Waals surface area contributed by atoms with E-state index in [0.717, 1.165) is 41.8 Å². The minimum atomic E-state index is 0.842. The lowest BCUT2D eigenvalue weighted by Crippen LogP contribution is -2.32. The van der Waals surface area contributed by atoms with E-state index < -0.39 is 0 Å². The fraction of sp³-hybridized carbons (Fsp3) is 0.529. The van der Waals surface area contributed by atoms with Crippen molar-refractivity contribution in [2.75, 3.05) is 23.4 Å². The first-order chi connectivity index (χ1) is 10.7. The molecule has 0 unspecified atom stereocenters. The highest BCUT2D eigenvalue weighted by Gasteiger charge is 2.19. The van der Waals surface area contributed by atoms with Gasteiger partial charge in [-0.15, -0.1) is 0 Å². The second-order valence-electron chi connectivity index (χ2n) is 6.12. The van der Waals surface area contributed by atoms with Gasteiger partial charge in [0.15, 0.2) is 0 Å². The molecule has 1 fully saturated rings. The van der Waals surface area contributed by atoms with Crippen molar-refractivity contribution in [2.45, 2.75) is 40.0 Å². The van der Waals surface area contributed by atoms with E-state index in [0.29, 0.717) is 0 Å². The highest BCUT2D eigenvalue weighted by atomic mass is 32.1. The van der Waals surface area contributed by atoms with Crippen LogP contribution >= 0.6 is 11.3 Å². The molecule has 0 amide bonds. The Labute approximate surface area is 136 Å². The van der Waals surface area contributed by atoms with Crippen LogP contribution in [0.1, 0.15) is 40.0 Å². The Morgan fingerprint density at radius 2 is 2.18 bits per heavy atom. The highest BCUT2D eigenvalue weighted by molar-refractivity contribution is 7.22. The molecule has 118 valence electrons. The maximum absolute atomic E-state index is 4.77. The van der Waals surface area contributed by atoms with Gasteiger partial charge in [0.05, 0.1) is 10.4 Å². The van der Waals surface area contributed by atoms with Gasteiger partial charge < -0.3 is 4.90 Å². The Balaban J connectivity index is 1.87. The number of hydrazone groups is 1. The average molecular weight is 316 g/mol. The molecule has 0 saturated carbocycles. The summed E-state index contributed by atoms with van der Waals surface area (Å²) in [7, 11) is 0. The topological polar surface area (TPSA) is 40.5 Å². The number of fused-ring (bicyclic) bond motifs is 1. The van der Waals surface area contributed by atoms with Gasteiger partial charge in [-0.2, -0.15) is 5.10 Å². The summed E-state index contributed by atoms with van der Waals surface area (Å²) in [6.45, 7) is 8.74. The molecular formula is C17H24N4S. The summed E-state index contributed by atoms with van der Waals surface area (Å²) in [5.74, 6) is 0.842. The number of piperidine rings is 1. The maximum Gasteiger partial charge on any atom is 0.204 e. The monoisotopic (exact) mass is 316 g/mol. The summed E-state index contributed by atoms with van der Waals surface area (Å²) < 4.78 is 1.22. The van der Waals surface area contributed by atoms with E-state index in [1.807, 2.05) is 6.92 Å². The van der Waals surface area contributed by atoms with E-state index in [9.17, 15) is 0 Å². The molecule has 0 atom stereocenters. The lowest BCUT2D eigenvalue weighted by atomic mass is 9.99. The Kier molecular flexibility index (Phi) is 4.62. The van der Waals surface area contributed by atoms with Gasteiger partial charge in [0.2, 0.25) is 5.13 Å². The molecule has 1 aliphatic rings. The minimum absolute atomic E-state index is 0.842. The number of anilines is 2. The van der Waals surface area contributed by atoms with Crippen LogP contribution in [0.4, 0.5) is 10.8 Å². The Bertz CT molecular complexity index is 668. The molecular weight excluding hydrogens is 292 g/mol. The quantitative estimate of drug-likeness (QED) is 0.655. The van der Waals surface area contributed by atoms with Gasteiger partial charge in [-0.25, -0.2) is 4.98 Å². The SMILES string of the molecule is CC/C(C)=N\Nc1nc2c(N3CCC(C)CC3)cccc2s1. The average Bonchev–Trinajstić information content (AvgIpc) is 2.96. The lowest BCUT2D eigenvalue weighted by molar-refractivity contribution is 0.439. The molecule has 1 aromatic heterocycles. The number of thiazole rings is 1. The van der Waals surface area contributed by atoms with Gasteiger partial charge in [0.1, 0.15) is 5.52 Å². The van der Waals surface area contributed by atoms with Crippen molar-refractivity contribution in [1.82, 2.24) is 4.98 Å². The van der Waals surface area contributed by atoms with Crippen LogP contribution in [0.2, 0.25) is 0 Å². The fourth-order valence-corrected chi connectivity index (χ4v) is 3.54. The third-order valence-electron chi connectivity index (χ3n) is 4.38. The van der Waals surface area contributed by atoms with Crippen LogP contribution < -0.4 is 10.3 Å². The molecule has 1 saturated heterocycles. The molecule has 3 rings (SSSR count). The molecule has 0 bridgehead atoms. The number of nitrogens with zero attached hydrogens (tertiary/aromatic N) is 3. The number of hydrogen-bond donors (Lipinski definition) is 1. The molecule has 5 heteroatoms. The number of rotatable bonds is 4. The first kappa shape index (κ1) is 15.3. The van der Waals surface area contributed by atoms with Crippen molar-refractivity contribution in [3.05, 3.63) is 18.2 Å². The Morgan fingerprint density at radius 3 is 2.91 bits per heavy atom. The van der Waals surface area contributed by atoms with Crippen molar-refractivity contribution < 1.29 is 0 Å². The fourth-order valence-electron chi connectivity index (χ4n) is 2.71. The predicted octanol–water partition coefficient (Wildman–Crippen LogP) is 4.73. The normalized spacial score (nSPS) is 17.2. The zero-order valence-corrected chi connectivity index (χ0v) is 14.4. The predicted molar refractivity (Wildman–Crippen MR) is 97.3 cm³/mol. The summed E-state index contributed by atoms with van der Waals surface area (Å²) in [6, 6.07) is 6.48. The van der Waals surface area contributed by atoms with E-state index in [1.54, 1.807) is 11.3 Å². The van der Waals surface area contributed by atoms with Gasteiger partial charge in [-0.1, -0.05) is 31.3 Å². The molecule has 0 radical (unpaired) electrons. The number of aromatic nitrogens is 1. The van der Waals surface area contributed by atoms with Crippen LogP contribution in [0.25, 0.3) is 10.2 Å². The van der Waals surface area contributed by atoms with Crippen molar-refractivity contribution in [3.63, 3.8) is 0 Å². The highest BCUT2D eigenvalue weighted by Crippen LogP contribution is 2.34. The van der Waals surface area contributed by atoms with Gasteiger partial charge in [0.25, 0.3) is 0 Å². The molecule has 1 aromatic carbocycles. The van der Waals surface area contributed by atoms with Gasteiger partial charge in [-0.05, 0) is 44.2 Å². The number of benzene rings is 1. The second kappa shape index (κ2) is 6.65. The van der Waals surface area contributed by atoms with E-state index in [2.05, 4.69) is 47.5 Å². The molecule has 2 aromatic rings. The number of hydrogen-bond acceptors (Lipinski definition) is 5. The Hall–Kier alpha value is -1.62. The summed E-state index contributed by atoms with van der Waals surface area (Å²) in [5, 5.41) is 5.24. The van der Waals surface area contributed by atoms with Crippen LogP contribution in [0, 0.1) is 5.92 Å². The molecule has 1 aliphatic heterocycles. The van der Waals surface area contributed by atoms with E-state index in [-0.39, 0.29) is 0 Å². The van der Waals surface area contributed by atoms with Crippen molar-refractivity contribution >= 4 is 38.1 Å². The Morgan fingerprint density at radius 1 is 1.41 bits per heavy atom. The third-order valence-corrected chi connectivity index (χ3v) is 5.30. The van der Waals surface area contributed by atoms with Crippen LogP contribution in [0.3, 0.4) is 0 Å². The standard InChI is InChI=1S/C17H24N4S/c1-4-13(3)19-20-17-18-16-14(6-5-7-15(16)22-17)21-10-8-12(2)9-11-21/h5-7,12H,4,8-11H2,1-3H3,(H,18,20)/b19-13-. The van der Waals surface area contributed by atoms with Gasteiger partial charge >= 0.3 is 0 Å². The summed E-state index contributed by atoms with van der Waals surface area (Å²) in [5.41, 5.74) is 6.56. The number of para-hydroxylation sites is 1. The second-order valence-corrected chi connectivity index (χ2v) is 7.16. The van der Waals surface area contributed by atoms with Gasteiger partial charge in [0, 0.05) is 18.8 Å². The maximum atomic E-state index is 4.77. The van der Waals surface area contributed by atoms with Crippen molar-refractivity contribution in [2.24, 2.45) is 11.0 Å². The first-order valence-electron chi connectivity index (χ1n) is 8.11. The third kappa shape index (κ3) is 3.24. The first-order valence-corrected chi connectivity index (χ1v) is 8.92. The van der Waals surface area contributed by atoms with Crippen molar-refractivity contribution in [1.29, 1.82) is 0 Å². The summed E-state index contributed by atoms with van der Waals surface area (Å²) >= 11 is 1.67. The summed E-state index contributed by atoms with van der Waals surface area (Å²) in [4.78, 5) is 7.25. The summed E-state index contributed by atoms with van der Waals surface area (Å²) in [6.07, 6.45) is 3.49. The van der Waals surface area contributed by atoms with Crippen molar-refractivity contribution in [3.8, 4) is 0 Å². The smallest absolute Gasteiger partial charge is 0.204 e. The zero-order valence-electron chi connectivity index (χ0n) is 13.6. The molecule has 1 N–H and O–H groups in total. The molecule has 0 aliphatic carbocycles. The molecule has 22 heavy (non-hydrogen) atoms. The van der Waals surface area contributed by atoms with E-state index in [4.69, 9.17) is 4.98 Å². The van der Waals surface area contributed by atoms with Crippen LogP contribution in [-0.2, 0) is 0 Å². The lowest BCUT2D eigenvalue weighted by Gasteiger charge is -2.32. The van der Waals surface area contributed by atoms with Gasteiger partial charge in [-0.3, -0.25) is 5.43 Å². The van der Waals surface area contributed by atoms with Crippen LogP contribution in [-0.4, -0.2) is 23.8 Å². The van der Waals surface area contributed by atoms with Crippen LogP contribution in [0.15, 0.2) is 23.3 Å². The largest absolute Gasteiger partial charge is 0.370 e. The minimum Gasteiger partial charge on any atom is -0.370 e.